The first-order chi connectivity index (χ1) is 5.70. The van der Waals surface area contributed by atoms with E-state index in [1.54, 1.807) is 0 Å². The Labute approximate surface area is 88.5 Å². The molecule has 5 heteroatoms. The van der Waals surface area contributed by atoms with Gasteiger partial charge in [0.15, 0.2) is 0 Å². The summed E-state index contributed by atoms with van der Waals surface area (Å²) in [5, 5.41) is 10.6. The molecule has 0 spiro atoms. The molecule has 4 nitrogen and oxygen atoms in total. The van der Waals surface area contributed by atoms with Gasteiger partial charge in [-0.2, -0.15) is 0 Å². The van der Waals surface area contributed by atoms with Crippen LogP contribution in [0.2, 0.25) is 0 Å². The van der Waals surface area contributed by atoms with E-state index in [4.69, 9.17) is 0 Å². The number of nitrogens with zero attached hydrogens (tertiary/aromatic N) is 1. The van der Waals surface area contributed by atoms with Gasteiger partial charge in [0.1, 0.15) is 0 Å². The molecular formula is C8H10LiNO3. The van der Waals surface area contributed by atoms with Gasteiger partial charge in [0.25, 0.3) is 0 Å². The van der Waals surface area contributed by atoms with Gasteiger partial charge < -0.3 is 14.8 Å². The third-order valence-corrected chi connectivity index (χ3v) is 2.47. The number of carboxylic acid groups (broad SMARTS) is 1. The van der Waals surface area contributed by atoms with E-state index in [1.165, 1.54) is 4.90 Å². The van der Waals surface area contributed by atoms with Crippen molar-refractivity contribution in [2.45, 2.75) is 37.8 Å². The van der Waals surface area contributed by atoms with Crippen molar-refractivity contribution in [3.8, 4) is 0 Å². The van der Waals surface area contributed by atoms with Crippen LogP contribution in [0.4, 0.5) is 0 Å². The third kappa shape index (κ3) is 1.89. The van der Waals surface area contributed by atoms with Crippen molar-refractivity contribution < 1.29 is 33.6 Å². The maximum absolute atomic E-state index is 11.2. The second kappa shape index (κ2) is 3.73. The summed E-state index contributed by atoms with van der Waals surface area (Å²) >= 11 is 0. The fourth-order valence-corrected chi connectivity index (χ4v) is 1.74. The number of carbonyl (C=O) groups is 2. The molecule has 0 bridgehead atoms. The van der Waals surface area contributed by atoms with Crippen LogP contribution < -0.4 is 24.0 Å². The Hall–Kier alpha value is -0.463. The van der Waals surface area contributed by atoms with E-state index < -0.39 is 12.0 Å². The van der Waals surface area contributed by atoms with Gasteiger partial charge in [0.2, 0.25) is 5.91 Å². The van der Waals surface area contributed by atoms with E-state index >= 15 is 0 Å². The molecule has 1 heterocycles. The average molecular weight is 175 g/mol. The topological polar surface area (TPSA) is 60.4 Å². The van der Waals surface area contributed by atoms with Gasteiger partial charge in [0.05, 0.1) is 12.0 Å². The Kier molecular flexibility index (Phi) is 3.04. The fourth-order valence-electron chi connectivity index (χ4n) is 1.74. The van der Waals surface area contributed by atoms with Crippen LogP contribution in [0.5, 0.6) is 0 Å². The van der Waals surface area contributed by atoms with Crippen LogP contribution in [-0.2, 0) is 9.59 Å². The number of aliphatic carboxylic acids is 1. The number of carbonyl (C=O) groups excluding carboxylic acids is 2. The van der Waals surface area contributed by atoms with E-state index in [0.29, 0.717) is 12.8 Å². The minimum atomic E-state index is -1.10. The molecule has 0 unspecified atom stereocenters. The minimum absolute atomic E-state index is 0. The van der Waals surface area contributed by atoms with Crippen molar-refractivity contribution >= 4 is 11.9 Å². The minimum Gasteiger partial charge on any atom is -0.548 e. The molecule has 66 valence electrons. The van der Waals surface area contributed by atoms with Gasteiger partial charge in [-0.15, -0.1) is 0 Å². The normalized spacial score (nSPS) is 27.2. The molecule has 1 amide bonds. The Morgan fingerprint density at radius 1 is 1.38 bits per heavy atom. The molecule has 13 heavy (non-hydrogen) atoms. The summed E-state index contributed by atoms with van der Waals surface area (Å²) in [6, 6.07) is -0.451. The molecule has 1 saturated heterocycles. The Bertz CT molecular complexity index is 240. The summed E-state index contributed by atoms with van der Waals surface area (Å²) < 4.78 is 0. The predicted octanol–water partition coefficient (Wildman–Crippen LogP) is -4.11. The fraction of sp³-hybridized carbons (Fsp3) is 0.750. The molecule has 1 aliphatic carbocycles. The molecule has 0 aromatic carbocycles. The van der Waals surface area contributed by atoms with Gasteiger partial charge >= 0.3 is 18.9 Å². The summed E-state index contributed by atoms with van der Waals surface area (Å²) in [7, 11) is 0. The van der Waals surface area contributed by atoms with Gasteiger partial charge in [0, 0.05) is 12.5 Å². The second-order valence-electron chi connectivity index (χ2n) is 3.41. The number of carboxylic acids is 1. The van der Waals surface area contributed by atoms with Crippen LogP contribution in [0.3, 0.4) is 0 Å². The second-order valence-corrected chi connectivity index (χ2v) is 3.41. The summed E-state index contributed by atoms with van der Waals surface area (Å²) in [6.45, 7) is 0. The number of amides is 1. The predicted molar refractivity (Wildman–Crippen MR) is 37.9 cm³/mol. The first-order valence-corrected chi connectivity index (χ1v) is 4.22. The molecule has 1 saturated carbocycles. The molecular weight excluding hydrogens is 165 g/mol. The zero-order valence-electron chi connectivity index (χ0n) is 7.66. The largest absolute Gasteiger partial charge is 1.00 e. The first kappa shape index (κ1) is 10.6. The molecule has 0 N–H and O–H groups in total. The zero-order chi connectivity index (χ0) is 8.72. The van der Waals surface area contributed by atoms with Crippen LogP contribution >= 0.6 is 0 Å². The Balaban J connectivity index is 0.000000845. The summed E-state index contributed by atoms with van der Waals surface area (Å²) in [5.41, 5.74) is 0. The summed E-state index contributed by atoms with van der Waals surface area (Å²) in [6.07, 6.45) is 2.71. The Morgan fingerprint density at radius 2 is 2.00 bits per heavy atom. The number of rotatable bonds is 2. The first-order valence-electron chi connectivity index (χ1n) is 4.22. The number of hydrogen-bond acceptors (Lipinski definition) is 3. The van der Waals surface area contributed by atoms with E-state index in [1.807, 2.05) is 0 Å². The molecule has 0 radical (unpaired) electrons. The molecule has 1 aliphatic heterocycles. The number of hydrogen-bond donors (Lipinski definition) is 0. The molecule has 2 aliphatic rings. The molecule has 2 fully saturated rings. The van der Waals surface area contributed by atoms with Crippen LogP contribution in [-0.4, -0.2) is 28.9 Å². The maximum atomic E-state index is 11.2. The summed E-state index contributed by atoms with van der Waals surface area (Å²) in [4.78, 5) is 23.3. The molecule has 2 rings (SSSR count). The maximum Gasteiger partial charge on any atom is 1.00 e. The molecule has 0 aromatic rings. The van der Waals surface area contributed by atoms with Crippen molar-refractivity contribution in [1.82, 2.24) is 4.90 Å². The SMILES string of the molecule is O=C([O-])[C@@H]1CCC(=O)N1C1CC1.[Li+]. The smallest absolute Gasteiger partial charge is 0.548 e. The van der Waals surface area contributed by atoms with Gasteiger partial charge in [-0.3, -0.25) is 4.79 Å². The Morgan fingerprint density at radius 3 is 2.46 bits per heavy atom. The third-order valence-electron chi connectivity index (χ3n) is 2.47. The van der Waals surface area contributed by atoms with Gasteiger partial charge in [-0.1, -0.05) is 0 Å². The molecule has 0 aromatic heterocycles. The standard InChI is InChI=1S/C8H11NO3.Li/c10-7-4-3-6(8(11)12)9(7)5-1-2-5;/h5-6H,1-4H2,(H,11,12);/q;+1/p-1/t6-;/m0./s1. The van der Waals surface area contributed by atoms with Crippen molar-refractivity contribution in [3.63, 3.8) is 0 Å². The van der Waals surface area contributed by atoms with Gasteiger partial charge in [-0.05, 0) is 19.3 Å². The number of likely N-dealkylation sites (tertiary alicyclic amines) is 1. The monoisotopic (exact) mass is 175 g/mol. The van der Waals surface area contributed by atoms with Crippen molar-refractivity contribution in [3.05, 3.63) is 0 Å². The van der Waals surface area contributed by atoms with E-state index in [-0.39, 0.29) is 30.8 Å². The quantitative estimate of drug-likeness (QED) is 0.401. The van der Waals surface area contributed by atoms with E-state index in [2.05, 4.69) is 0 Å². The summed E-state index contributed by atoms with van der Waals surface area (Å²) in [5.74, 6) is -1.13. The van der Waals surface area contributed by atoms with Crippen molar-refractivity contribution in [1.29, 1.82) is 0 Å². The van der Waals surface area contributed by atoms with E-state index in [9.17, 15) is 14.7 Å². The van der Waals surface area contributed by atoms with E-state index in [0.717, 1.165) is 12.8 Å². The van der Waals surface area contributed by atoms with Crippen molar-refractivity contribution in [2.24, 2.45) is 0 Å². The molecule has 1 atom stereocenters. The average Bonchev–Trinajstić information content (AvgIpc) is 2.75. The van der Waals surface area contributed by atoms with Crippen LogP contribution in [0, 0.1) is 0 Å². The van der Waals surface area contributed by atoms with Crippen molar-refractivity contribution in [2.75, 3.05) is 0 Å². The van der Waals surface area contributed by atoms with Gasteiger partial charge in [-0.25, -0.2) is 0 Å². The van der Waals surface area contributed by atoms with Crippen LogP contribution in [0.1, 0.15) is 25.7 Å². The van der Waals surface area contributed by atoms with Crippen LogP contribution in [0.25, 0.3) is 0 Å². The zero-order valence-corrected chi connectivity index (χ0v) is 7.66. The van der Waals surface area contributed by atoms with Crippen LogP contribution in [0.15, 0.2) is 0 Å².